The molecule has 0 heterocycles. The van der Waals surface area contributed by atoms with Crippen molar-refractivity contribution in [3.05, 3.63) is 36.2 Å². The van der Waals surface area contributed by atoms with Crippen molar-refractivity contribution in [1.29, 1.82) is 0 Å². The minimum atomic E-state index is -1.45. The second kappa shape index (κ2) is 7.44. The number of carboxylic acid groups (broad SMARTS) is 1. The molecule has 0 spiro atoms. The highest BCUT2D eigenvalue weighted by Crippen LogP contribution is 2.23. The Morgan fingerprint density at radius 1 is 1.36 bits per heavy atom. The molecule has 1 amide bonds. The van der Waals surface area contributed by atoms with Crippen LogP contribution < -0.4 is 10.1 Å². The van der Waals surface area contributed by atoms with Gasteiger partial charge in [-0.1, -0.05) is 6.58 Å². The Balaban J connectivity index is 2.80. The highest BCUT2D eigenvalue weighted by molar-refractivity contribution is 5.88. The number of carbonyl (C=O) groups excluding carboxylic acids is 1. The molecule has 22 heavy (non-hydrogen) atoms. The van der Waals surface area contributed by atoms with E-state index in [0.717, 1.165) is 6.07 Å². The molecule has 0 bridgehead atoms. The van der Waals surface area contributed by atoms with E-state index in [1.54, 1.807) is 13.8 Å². The molecular formula is C15H18FNO5. The highest BCUT2D eigenvalue weighted by Gasteiger charge is 2.23. The van der Waals surface area contributed by atoms with Crippen molar-refractivity contribution in [3.8, 4) is 5.75 Å². The highest BCUT2D eigenvalue weighted by atomic mass is 19.1. The van der Waals surface area contributed by atoms with Gasteiger partial charge >= 0.3 is 12.1 Å². The molecule has 0 aromatic heterocycles. The number of ether oxygens (including phenoxy) is 2. The summed E-state index contributed by atoms with van der Waals surface area (Å²) in [5, 5.41) is 11.2. The Morgan fingerprint density at radius 3 is 2.50 bits per heavy atom. The van der Waals surface area contributed by atoms with Crippen LogP contribution in [0.5, 0.6) is 5.75 Å². The molecular weight excluding hydrogens is 293 g/mol. The minimum Gasteiger partial charge on any atom is -0.488 e. The van der Waals surface area contributed by atoms with Crippen LogP contribution in [0.1, 0.15) is 20.8 Å². The Labute approximate surface area is 127 Å². The molecule has 0 aliphatic carbocycles. The molecule has 0 aliphatic heterocycles. The molecule has 0 saturated heterocycles. The summed E-state index contributed by atoms with van der Waals surface area (Å²) in [4.78, 5) is 22.6. The fourth-order valence-electron chi connectivity index (χ4n) is 1.54. The standard InChI is InChI=1S/C15H18FNO5/c1-8(2)13(14(18)19)22-15(20)17-10-5-6-11(16)12(7-10)21-9(3)4/h5-7,9,13H,1H2,2-4H3,(H,17,20)(H,18,19). The minimum absolute atomic E-state index is 0.0255. The van der Waals surface area contributed by atoms with Gasteiger partial charge in [-0.3, -0.25) is 5.32 Å². The van der Waals surface area contributed by atoms with Gasteiger partial charge < -0.3 is 14.6 Å². The van der Waals surface area contributed by atoms with E-state index in [9.17, 15) is 14.0 Å². The van der Waals surface area contributed by atoms with E-state index < -0.39 is 24.0 Å². The van der Waals surface area contributed by atoms with Gasteiger partial charge in [0.2, 0.25) is 6.10 Å². The van der Waals surface area contributed by atoms with Crippen LogP contribution in [0.3, 0.4) is 0 Å². The second-order valence-corrected chi connectivity index (χ2v) is 4.91. The zero-order chi connectivity index (χ0) is 16.9. The first-order valence-corrected chi connectivity index (χ1v) is 6.52. The van der Waals surface area contributed by atoms with Crippen LogP contribution in [0.4, 0.5) is 14.9 Å². The number of carbonyl (C=O) groups is 2. The van der Waals surface area contributed by atoms with Crippen LogP contribution in [0.15, 0.2) is 30.4 Å². The monoisotopic (exact) mass is 311 g/mol. The van der Waals surface area contributed by atoms with Crippen LogP contribution in [0.2, 0.25) is 0 Å². The van der Waals surface area contributed by atoms with Crippen molar-refractivity contribution >= 4 is 17.7 Å². The predicted octanol–water partition coefficient (Wildman–Crippen LogP) is 3.19. The maximum absolute atomic E-state index is 13.5. The van der Waals surface area contributed by atoms with Crippen molar-refractivity contribution in [3.63, 3.8) is 0 Å². The lowest BCUT2D eigenvalue weighted by molar-refractivity contribution is -0.144. The van der Waals surface area contributed by atoms with Gasteiger partial charge in [-0.05, 0) is 38.5 Å². The molecule has 1 aromatic carbocycles. The molecule has 0 fully saturated rings. The number of aliphatic carboxylic acids is 1. The fraction of sp³-hybridized carbons (Fsp3) is 0.333. The third-order valence-electron chi connectivity index (χ3n) is 2.44. The van der Waals surface area contributed by atoms with E-state index in [4.69, 9.17) is 14.6 Å². The summed E-state index contributed by atoms with van der Waals surface area (Å²) in [5.41, 5.74) is 0.387. The molecule has 0 aliphatic rings. The van der Waals surface area contributed by atoms with Gasteiger partial charge in [0.05, 0.1) is 6.10 Å². The van der Waals surface area contributed by atoms with Gasteiger partial charge in [0.25, 0.3) is 0 Å². The first-order chi connectivity index (χ1) is 10.2. The molecule has 1 rings (SSSR count). The molecule has 1 atom stereocenters. The summed E-state index contributed by atoms with van der Waals surface area (Å²) >= 11 is 0. The number of amides is 1. The van der Waals surface area contributed by atoms with E-state index in [0.29, 0.717) is 0 Å². The number of halogens is 1. The van der Waals surface area contributed by atoms with Crippen LogP contribution in [0, 0.1) is 5.82 Å². The Hall–Kier alpha value is -2.57. The topological polar surface area (TPSA) is 84.9 Å². The number of hydrogen-bond acceptors (Lipinski definition) is 4. The van der Waals surface area contributed by atoms with Gasteiger partial charge in [-0.25, -0.2) is 14.0 Å². The zero-order valence-corrected chi connectivity index (χ0v) is 12.6. The first kappa shape index (κ1) is 17.5. The van der Waals surface area contributed by atoms with E-state index in [-0.39, 0.29) is 23.1 Å². The Bertz CT molecular complexity index is 571. The smallest absolute Gasteiger partial charge is 0.412 e. The van der Waals surface area contributed by atoms with Crippen LogP contribution in [-0.4, -0.2) is 29.4 Å². The van der Waals surface area contributed by atoms with Crippen LogP contribution in [-0.2, 0) is 9.53 Å². The molecule has 0 saturated carbocycles. The molecule has 2 N–H and O–H groups in total. The fourth-order valence-corrected chi connectivity index (χ4v) is 1.54. The second-order valence-electron chi connectivity index (χ2n) is 4.91. The average molecular weight is 311 g/mol. The average Bonchev–Trinajstić information content (AvgIpc) is 2.38. The first-order valence-electron chi connectivity index (χ1n) is 6.52. The number of nitrogens with one attached hydrogen (secondary N) is 1. The van der Waals surface area contributed by atoms with E-state index in [1.165, 1.54) is 19.1 Å². The largest absolute Gasteiger partial charge is 0.488 e. The van der Waals surface area contributed by atoms with Crippen molar-refractivity contribution < 1.29 is 28.6 Å². The molecule has 0 radical (unpaired) electrons. The summed E-state index contributed by atoms with van der Waals surface area (Å²) in [5.74, 6) is -1.92. The summed E-state index contributed by atoms with van der Waals surface area (Å²) in [6, 6.07) is 3.72. The zero-order valence-electron chi connectivity index (χ0n) is 12.6. The quantitative estimate of drug-likeness (QED) is 0.788. The normalized spacial score (nSPS) is 11.7. The SMILES string of the molecule is C=C(C)C(OC(=O)Nc1ccc(F)c(OC(C)C)c1)C(=O)O. The third kappa shape index (κ3) is 5.08. The van der Waals surface area contributed by atoms with Crippen molar-refractivity contribution in [2.45, 2.75) is 33.0 Å². The number of anilines is 1. The lowest BCUT2D eigenvalue weighted by Gasteiger charge is -2.15. The number of hydrogen-bond donors (Lipinski definition) is 2. The van der Waals surface area contributed by atoms with E-state index >= 15 is 0 Å². The van der Waals surface area contributed by atoms with Crippen molar-refractivity contribution in [2.75, 3.05) is 5.32 Å². The third-order valence-corrected chi connectivity index (χ3v) is 2.44. The molecule has 120 valence electrons. The van der Waals surface area contributed by atoms with E-state index in [1.807, 2.05) is 0 Å². The number of benzene rings is 1. The molecule has 6 nitrogen and oxygen atoms in total. The molecule has 7 heteroatoms. The van der Waals surface area contributed by atoms with Gasteiger partial charge in [-0.15, -0.1) is 0 Å². The number of rotatable bonds is 6. The van der Waals surface area contributed by atoms with Gasteiger partial charge in [0, 0.05) is 11.8 Å². The summed E-state index contributed by atoms with van der Waals surface area (Å²) < 4.78 is 23.5. The number of carboxylic acids is 1. The Kier molecular flexibility index (Phi) is 5.91. The summed E-state index contributed by atoms with van der Waals surface area (Å²) in [7, 11) is 0. The van der Waals surface area contributed by atoms with Crippen LogP contribution >= 0.6 is 0 Å². The summed E-state index contributed by atoms with van der Waals surface area (Å²) in [6.45, 7) is 8.34. The molecule has 1 unspecified atom stereocenters. The van der Waals surface area contributed by atoms with Crippen LogP contribution in [0.25, 0.3) is 0 Å². The van der Waals surface area contributed by atoms with E-state index in [2.05, 4.69) is 11.9 Å². The molecule has 1 aromatic rings. The predicted molar refractivity (Wildman–Crippen MR) is 78.5 cm³/mol. The maximum atomic E-state index is 13.5. The lowest BCUT2D eigenvalue weighted by Crippen LogP contribution is -2.30. The summed E-state index contributed by atoms with van der Waals surface area (Å²) in [6.07, 6.45) is -2.68. The van der Waals surface area contributed by atoms with Crippen molar-refractivity contribution in [2.24, 2.45) is 0 Å². The van der Waals surface area contributed by atoms with Gasteiger partial charge in [-0.2, -0.15) is 0 Å². The van der Waals surface area contributed by atoms with Gasteiger partial charge in [0.1, 0.15) is 0 Å². The van der Waals surface area contributed by atoms with Crippen molar-refractivity contribution in [1.82, 2.24) is 0 Å². The Morgan fingerprint density at radius 2 is 2.00 bits per heavy atom. The lowest BCUT2D eigenvalue weighted by atomic mass is 10.2. The maximum Gasteiger partial charge on any atom is 0.412 e. The van der Waals surface area contributed by atoms with Gasteiger partial charge in [0.15, 0.2) is 11.6 Å².